The molecule has 0 unspecified atom stereocenters. The molecule has 92 valence electrons. The molecule has 1 aromatic carbocycles. The molecule has 0 atom stereocenters. The van der Waals surface area contributed by atoms with Crippen molar-refractivity contribution in [3.05, 3.63) is 39.6 Å². The van der Waals surface area contributed by atoms with Gasteiger partial charge in [0.15, 0.2) is 0 Å². The molecule has 0 aliphatic heterocycles. The van der Waals surface area contributed by atoms with E-state index in [0.717, 1.165) is 20.7 Å². The van der Waals surface area contributed by atoms with E-state index >= 15 is 0 Å². The van der Waals surface area contributed by atoms with Gasteiger partial charge in [0.2, 0.25) is 0 Å². The fraction of sp³-hybridized carbons (Fsp3) is 0.231. The summed E-state index contributed by atoms with van der Waals surface area (Å²) in [5.41, 5.74) is 0.789. The lowest BCUT2D eigenvalue weighted by atomic mass is 10.1. The van der Waals surface area contributed by atoms with Gasteiger partial charge < -0.3 is 5.11 Å². The fourth-order valence-corrected chi connectivity index (χ4v) is 3.14. The minimum Gasteiger partial charge on any atom is -0.395 e. The van der Waals surface area contributed by atoms with E-state index in [4.69, 9.17) is 5.11 Å². The molecule has 0 fully saturated rings. The number of nitrogens with zero attached hydrogens (tertiary/aromatic N) is 2. The highest BCUT2D eigenvalue weighted by Gasteiger charge is 2.13. The lowest BCUT2D eigenvalue weighted by Crippen LogP contribution is -2.21. The number of aliphatic hydroxyl groups excluding tert-OH is 1. The summed E-state index contributed by atoms with van der Waals surface area (Å²) in [6, 6.07) is 7.48. The molecule has 0 aliphatic rings. The number of pyridine rings is 1. The molecule has 0 aliphatic carbocycles. The second-order valence-corrected chi connectivity index (χ2v) is 5.29. The molecular formula is C13H12N2O2S. The average molecular weight is 260 g/mol. The van der Waals surface area contributed by atoms with Crippen molar-refractivity contribution in [1.29, 1.82) is 0 Å². The molecule has 0 amide bonds. The van der Waals surface area contributed by atoms with Crippen molar-refractivity contribution in [3.8, 4) is 0 Å². The maximum atomic E-state index is 12.4. The van der Waals surface area contributed by atoms with Crippen molar-refractivity contribution in [3.63, 3.8) is 0 Å². The van der Waals surface area contributed by atoms with E-state index in [9.17, 15) is 4.79 Å². The summed E-state index contributed by atoms with van der Waals surface area (Å²) in [6.45, 7) is 2.18. The van der Waals surface area contributed by atoms with Crippen LogP contribution in [0.3, 0.4) is 0 Å². The second-order valence-electron chi connectivity index (χ2n) is 4.11. The minimum atomic E-state index is -0.0594. The zero-order valence-electron chi connectivity index (χ0n) is 9.88. The van der Waals surface area contributed by atoms with Crippen LogP contribution in [0.4, 0.5) is 0 Å². The van der Waals surface area contributed by atoms with Gasteiger partial charge in [-0.25, -0.2) is 4.98 Å². The Kier molecular flexibility index (Phi) is 2.65. The van der Waals surface area contributed by atoms with Gasteiger partial charge in [-0.05, 0) is 13.0 Å². The Morgan fingerprint density at radius 1 is 1.33 bits per heavy atom. The highest BCUT2D eigenvalue weighted by atomic mass is 32.1. The Balaban J connectivity index is 2.57. The average Bonchev–Trinajstić information content (AvgIpc) is 2.76. The molecule has 2 heterocycles. The van der Waals surface area contributed by atoms with Crippen molar-refractivity contribution < 1.29 is 5.11 Å². The van der Waals surface area contributed by atoms with Crippen LogP contribution in [0.25, 0.3) is 21.1 Å². The number of aromatic nitrogens is 2. The maximum Gasteiger partial charge on any atom is 0.259 e. The predicted molar refractivity (Wildman–Crippen MR) is 73.2 cm³/mol. The normalized spacial score (nSPS) is 11.4. The van der Waals surface area contributed by atoms with Gasteiger partial charge in [0.25, 0.3) is 5.56 Å². The van der Waals surface area contributed by atoms with Crippen molar-refractivity contribution >= 4 is 32.5 Å². The Morgan fingerprint density at radius 2 is 2.06 bits per heavy atom. The van der Waals surface area contributed by atoms with E-state index in [2.05, 4.69) is 4.98 Å². The zero-order chi connectivity index (χ0) is 12.7. The molecule has 1 N–H and O–H groups in total. The standard InChI is InChI=1S/C13H12N2O2S/c1-8-14-11-9-4-2-3-5-10(9)12(17)15(6-7-16)13(11)18-8/h2-5,16H,6-7H2,1H3. The zero-order valence-corrected chi connectivity index (χ0v) is 10.7. The van der Waals surface area contributed by atoms with Gasteiger partial charge in [0, 0.05) is 10.8 Å². The minimum absolute atomic E-state index is 0.0513. The molecular weight excluding hydrogens is 248 g/mol. The van der Waals surface area contributed by atoms with Crippen molar-refractivity contribution in [1.82, 2.24) is 9.55 Å². The first-order valence-corrected chi connectivity index (χ1v) is 6.53. The number of aliphatic hydroxyl groups is 1. The van der Waals surface area contributed by atoms with E-state index in [-0.39, 0.29) is 12.2 Å². The number of aryl methyl sites for hydroxylation is 1. The van der Waals surface area contributed by atoms with Crippen LogP contribution < -0.4 is 5.56 Å². The van der Waals surface area contributed by atoms with Crippen LogP contribution in [0.15, 0.2) is 29.1 Å². The van der Waals surface area contributed by atoms with Crippen LogP contribution in [-0.4, -0.2) is 21.3 Å². The monoisotopic (exact) mass is 260 g/mol. The van der Waals surface area contributed by atoms with E-state index in [0.29, 0.717) is 11.9 Å². The summed E-state index contributed by atoms with van der Waals surface area (Å²) in [4.78, 5) is 17.7. The summed E-state index contributed by atoms with van der Waals surface area (Å²) in [5.74, 6) is 0. The highest BCUT2D eigenvalue weighted by Crippen LogP contribution is 2.26. The Hall–Kier alpha value is -1.72. The first-order chi connectivity index (χ1) is 8.72. The van der Waals surface area contributed by atoms with Gasteiger partial charge >= 0.3 is 0 Å². The summed E-state index contributed by atoms with van der Waals surface area (Å²) < 4.78 is 1.61. The van der Waals surface area contributed by atoms with Crippen LogP contribution >= 0.6 is 11.3 Å². The van der Waals surface area contributed by atoms with Gasteiger partial charge in [-0.2, -0.15) is 0 Å². The molecule has 3 rings (SSSR count). The highest BCUT2D eigenvalue weighted by molar-refractivity contribution is 7.18. The smallest absolute Gasteiger partial charge is 0.259 e. The third-order valence-corrected chi connectivity index (χ3v) is 3.94. The molecule has 0 saturated heterocycles. The molecule has 5 heteroatoms. The van der Waals surface area contributed by atoms with Crippen LogP contribution in [0.2, 0.25) is 0 Å². The summed E-state index contributed by atoms with van der Waals surface area (Å²) in [6.07, 6.45) is 0. The Morgan fingerprint density at radius 3 is 2.78 bits per heavy atom. The predicted octanol–water partition coefficient (Wildman–Crippen LogP) is 1.91. The SMILES string of the molecule is Cc1nc2c3ccccc3c(=O)n(CCO)c2s1. The number of fused-ring (bicyclic) bond motifs is 3. The fourth-order valence-electron chi connectivity index (χ4n) is 2.19. The van der Waals surface area contributed by atoms with Crippen LogP contribution in [0.1, 0.15) is 5.01 Å². The quantitative estimate of drug-likeness (QED) is 0.765. The van der Waals surface area contributed by atoms with Crippen LogP contribution in [0, 0.1) is 6.92 Å². The van der Waals surface area contributed by atoms with E-state index in [1.807, 2.05) is 25.1 Å². The van der Waals surface area contributed by atoms with Gasteiger partial charge in [0.1, 0.15) is 10.3 Å². The number of hydrogen-bond donors (Lipinski definition) is 1. The third-order valence-electron chi connectivity index (χ3n) is 2.94. The topological polar surface area (TPSA) is 55.1 Å². The molecule has 0 saturated carbocycles. The van der Waals surface area contributed by atoms with E-state index in [1.54, 1.807) is 10.6 Å². The lowest BCUT2D eigenvalue weighted by molar-refractivity contribution is 0.277. The lowest BCUT2D eigenvalue weighted by Gasteiger charge is -2.07. The van der Waals surface area contributed by atoms with Crippen molar-refractivity contribution in [2.45, 2.75) is 13.5 Å². The molecule has 0 spiro atoms. The molecule has 4 nitrogen and oxygen atoms in total. The summed E-state index contributed by atoms with van der Waals surface area (Å²) >= 11 is 1.49. The summed E-state index contributed by atoms with van der Waals surface area (Å²) in [7, 11) is 0. The number of rotatable bonds is 2. The van der Waals surface area contributed by atoms with E-state index < -0.39 is 0 Å². The van der Waals surface area contributed by atoms with Crippen molar-refractivity contribution in [2.24, 2.45) is 0 Å². The maximum absolute atomic E-state index is 12.4. The first-order valence-electron chi connectivity index (χ1n) is 5.72. The van der Waals surface area contributed by atoms with Gasteiger partial charge in [-0.1, -0.05) is 18.2 Å². The number of benzene rings is 1. The molecule has 3 aromatic rings. The van der Waals surface area contributed by atoms with Gasteiger partial charge in [-0.3, -0.25) is 9.36 Å². The second kappa shape index (κ2) is 4.19. The Labute approximate surface area is 107 Å². The molecule has 0 bridgehead atoms. The molecule has 18 heavy (non-hydrogen) atoms. The first kappa shape index (κ1) is 11.4. The molecule has 0 radical (unpaired) electrons. The van der Waals surface area contributed by atoms with Crippen LogP contribution in [0.5, 0.6) is 0 Å². The third kappa shape index (κ3) is 1.55. The molecule has 2 aromatic heterocycles. The Bertz CT molecular complexity index is 789. The van der Waals surface area contributed by atoms with Gasteiger partial charge in [-0.15, -0.1) is 11.3 Å². The number of hydrogen-bond acceptors (Lipinski definition) is 4. The van der Waals surface area contributed by atoms with Crippen molar-refractivity contribution in [2.75, 3.05) is 6.61 Å². The number of thiazole rings is 1. The summed E-state index contributed by atoms with van der Waals surface area (Å²) in [5, 5.41) is 11.6. The van der Waals surface area contributed by atoms with E-state index in [1.165, 1.54) is 11.3 Å². The van der Waals surface area contributed by atoms with Crippen LogP contribution in [-0.2, 0) is 6.54 Å². The largest absolute Gasteiger partial charge is 0.395 e. The van der Waals surface area contributed by atoms with Gasteiger partial charge in [0.05, 0.1) is 18.2 Å².